The van der Waals surface area contributed by atoms with Crippen LogP contribution in [0.2, 0.25) is 0 Å². The van der Waals surface area contributed by atoms with Gasteiger partial charge in [0.2, 0.25) is 0 Å². The largest absolute Gasteiger partial charge is 0.478 e. The lowest BCUT2D eigenvalue weighted by molar-refractivity contribution is 0.0696. The van der Waals surface area contributed by atoms with Gasteiger partial charge in [-0.1, -0.05) is 12.1 Å². The number of aryl methyl sites for hydroxylation is 2. The molecule has 0 amide bonds. The van der Waals surface area contributed by atoms with Gasteiger partial charge in [-0.05, 0) is 62.1 Å². The summed E-state index contributed by atoms with van der Waals surface area (Å²) in [6, 6.07) is 13.3. The van der Waals surface area contributed by atoms with E-state index in [1.165, 1.54) is 17.7 Å². The lowest BCUT2D eigenvalue weighted by atomic mass is 9.96. The average molecular weight is 415 g/mol. The smallest absolute Gasteiger partial charge is 0.335 e. The van der Waals surface area contributed by atoms with Gasteiger partial charge in [-0.2, -0.15) is 0 Å². The third kappa shape index (κ3) is 5.22. The molecule has 4 N–H and O–H groups in total. The van der Waals surface area contributed by atoms with Gasteiger partial charge in [-0.3, -0.25) is 4.90 Å². The second kappa shape index (κ2) is 9.37. The molecule has 0 saturated carbocycles. The van der Waals surface area contributed by atoms with Crippen molar-refractivity contribution in [3.05, 3.63) is 58.7 Å². The summed E-state index contributed by atoms with van der Waals surface area (Å²) in [5.41, 5.74) is 3.20. The first kappa shape index (κ1) is 22.1. The Morgan fingerprint density at radius 3 is 2.41 bits per heavy atom. The van der Waals surface area contributed by atoms with E-state index < -0.39 is 11.9 Å². The maximum Gasteiger partial charge on any atom is 0.335 e. The van der Waals surface area contributed by atoms with E-state index in [9.17, 15) is 9.59 Å². The Hall–Kier alpha value is -3.15. The molecule has 0 bridgehead atoms. The van der Waals surface area contributed by atoms with Crippen molar-refractivity contribution < 1.29 is 29.5 Å². The van der Waals surface area contributed by atoms with Crippen molar-refractivity contribution in [1.29, 1.82) is 0 Å². The number of hydrogen-bond acceptors (Lipinski definition) is 5. The van der Waals surface area contributed by atoms with E-state index in [0.29, 0.717) is 0 Å². The van der Waals surface area contributed by atoms with Gasteiger partial charge >= 0.3 is 11.9 Å². The van der Waals surface area contributed by atoms with E-state index >= 15 is 0 Å². The van der Waals surface area contributed by atoms with E-state index in [2.05, 4.69) is 36.4 Å². The summed E-state index contributed by atoms with van der Waals surface area (Å²) >= 11 is 0.833. The topological polar surface area (TPSA) is 119 Å². The highest BCUT2D eigenvalue weighted by Crippen LogP contribution is 2.31. The first-order valence-corrected chi connectivity index (χ1v) is 9.44. The van der Waals surface area contributed by atoms with Crippen molar-refractivity contribution in [3.8, 4) is 17.0 Å². The van der Waals surface area contributed by atoms with Crippen molar-refractivity contribution in [2.45, 2.75) is 32.7 Å². The number of hydrogen-bond donors (Lipinski definition) is 2. The van der Waals surface area contributed by atoms with Gasteiger partial charge in [-0.15, -0.1) is 0 Å². The molecule has 0 fully saturated rings. The molecule has 7 nitrogen and oxygen atoms in total. The summed E-state index contributed by atoms with van der Waals surface area (Å²) in [6.07, 6.45) is 2.01. The summed E-state index contributed by atoms with van der Waals surface area (Å²) in [7, 11) is 0. The fourth-order valence-electron chi connectivity index (χ4n) is 3.04. The van der Waals surface area contributed by atoms with Gasteiger partial charge < -0.3 is 19.9 Å². The van der Waals surface area contributed by atoms with E-state index in [-0.39, 0.29) is 28.4 Å². The molecule has 2 aromatic carbocycles. The summed E-state index contributed by atoms with van der Waals surface area (Å²) in [5, 5.41) is 21.1. The molecule has 8 heteroatoms. The van der Waals surface area contributed by atoms with Crippen molar-refractivity contribution in [2.24, 2.45) is 0 Å². The third-order valence-corrected chi connectivity index (χ3v) is 4.97. The molecule has 0 aliphatic carbocycles. The van der Waals surface area contributed by atoms with Gasteiger partial charge in [0.25, 0.3) is 0 Å². The predicted octanol–water partition coefficient (Wildman–Crippen LogP) is 3.35. The first-order chi connectivity index (χ1) is 13.3. The number of fused-ring (bicyclic) bond motifs is 1. The number of benzene rings is 2. The Kier molecular flexibility index (Phi) is 7.15. The molecular formula is C21H21NO6S. The van der Waals surface area contributed by atoms with Crippen LogP contribution in [0.3, 0.4) is 0 Å². The number of aromatic carboxylic acids is 2. The Morgan fingerprint density at radius 1 is 1.14 bits per heavy atom. The zero-order valence-corrected chi connectivity index (χ0v) is 16.7. The van der Waals surface area contributed by atoms with Crippen LogP contribution < -0.4 is 9.08 Å². The highest BCUT2D eigenvalue weighted by atomic mass is 32.2. The summed E-state index contributed by atoms with van der Waals surface area (Å²) in [5.74, 6) is -2.32. The Balaban J connectivity index is 0.00000300. The average Bonchev–Trinajstić information content (AvgIpc) is 2.66. The monoisotopic (exact) mass is 415 g/mol. The van der Waals surface area contributed by atoms with Gasteiger partial charge in [0, 0.05) is 17.3 Å². The minimum atomic E-state index is -1.22. The highest BCUT2D eigenvalue weighted by Gasteiger charge is 2.21. The lowest BCUT2D eigenvalue weighted by Gasteiger charge is -2.32. The molecule has 1 aliphatic heterocycles. The fraction of sp³-hybridized carbons (Fsp3) is 0.238. The SMILES string of the molecule is Cc1ccc2c(c1)N(C#CSOc1cc(C(=O)O)cc(C(=O)O)c1)C(C)CC2.O. The molecule has 1 aliphatic rings. The summed E-state index contributed by atoms with van der Waals surface area (Å²) in [6.45, 7) is 4.15. The molecule has 1 atom stereocenters. The Labute approximate surface area is 172 Å². The molecule has 0 saturated heterocycles. The van der Waals surface area contributed by atoms with E-state index in [0.717, 1.165) is 42.2 Å². The normalized spacial score (nSPS) is 14.7. The Morgan fingerprint density at radius 2 is 1.79 bits per heavy atom. The quantitative estimate of drug-likeness (QED) is 0.580. The highest BCUT2D eigenvalue weighted by molar-refractivity contribution is 7.99. The van der Waals surface area contributed by atoms with Gasteiger partial charge in [0.1, 0.15) is 17.8 Å². The molecule has 152 valence electrons. The van der Waals surface area contributed by atoms with Crippen LogP contribution in [0.5, 0.6) is 5.75 Å². The number of carboxylic acid groups (broad SMARTS) is 2. The zero-order chi connectivity index (χ0) is 20.3. The van der Waals surface area contributed by atoms with Crippen LogP contribution in [0.25, 0.3) is 0 Å². The van der Waals surface area contributed by atoms with Crippen molar-refractivity contribution in [2.75, 3.05) is 4.90 Å². The Bertz CT molecular complexity index is 962. The summed E-state index contributed by atoms with van der Waals surface area (Å²) < 4.78 is 5.42. The second-order valence-corrected chi connectivity index (χ2v) is 7.16. The molecular weight excluding hydrogens is 394 g/mol. The van der Waals surface area contributed by atoms with Gasteiger partial charge in [0.15, 0.2) is 0 Å². The van der Waals surface area contributed by atoms with Crippen LogP contribution >= 0.6 is 12.0 Å². The van der Waals surface area contributed by atoms with E-state index in [1.54, 1.807) is 0 Å². The van der Waals surface area contributed by atoms with Crippen LogP contribution in [0, 0.1) is 18.2 Å². The van der Waals surface area contributed by atoms with Crippen molar-refractivity contribution in [3.63, 3.8) is 0 Å². The van der Waals surface area contributed by atoms with Gasteiger partial charge in [0.05, 0.1) is 16.8 Å². The fourth-order valence-corrected chi connectivity index (χ4v) is 3.41. The second-order valence-electron chi connectivity index (χ2n) is 6.63. The molecule has 1 unspecified atom stereocenters. The van der Waals surface area contributed by atoms with Crippen LogP contribution in [0.1, 0.15) is 45.2 Å². The maximum absolute atomic E-state index is 11.2. The minimum Gasteiger partial charge on any atom is -0.478 e. The molecule has 0 radical (unpaired) electrons. The number of anilines is 1. The summed E-state index contributed by atoms with van der Waals surface area (Å²) in [4.78, 5) is 24.3. The van der Waals surface area contributed by atoms with Crippen LogP contribution in [-0.2, 0) is 6.42 Å². The van der Waals surface area contributed by atoms with Gasteiger partial charge in [-0.25, -0.2) is 9.59 Å². The molecule has 29 heavy (non-hydrogen) atoms. The van der Waals surface area contributed by atoms with Crippen LogP contribution in [0.15, 0.2) is 36.4 Å². The number of nitrogens with zero attached hydrogens (tertiary/aromatic N) is 1. The molecule has 0 spiro atoms. The predicted molar refractivity (Wildman–Crippen MR) is 111 cm³/mol. The standard InChI is InChI=1S/C21H19NO5S.H2O/c1-13-3-5-15-6-4-14(2)22(19(15)9-13)7-8-28-27-18-11-16(20(23)24)10-17(12-18)21(25)26;/h3,5,9-12,14H,4,6H2,1-2H3,(H,23,24)(H,25,26);1H2. The number of rotatable bonds is 4. The number of carbonyl (C=O) groups is 2. The van der Waals surface area contributed by atoms with Crippen LogP contribution in [0.4, 0.5) is 5.69 Å². The molecule has 3 rings (SSSR count). The first-order valence-electron chi connectivity index (χ1n) is 8.70. The maximum atomic E-state index is 11.2. The molecule has 2 aromatic rings. The van der Waals surface area contributed by atoms with E-state index in [4.69, 9.17) is 14.4 Å². The lowest BCUT2D eigenvalue weighted by Crippen LogP contribution is -2.33. The minimum absolute atomic E-state index is 0. The molecule has 0 aromatic heterocycles. The van der Waals surface area contributed by atoms with Crippen molar-refractivity contribution in [1.82, 2.24) is 0 Å². The van der Waals surface area contributed by atoms with Crippen molar-refractivity contribution >= 4 is 29.7 Å². The molecule has 1 heterocycles. The number of carboxylic acids is 2. The van der Waals surface area contributed by atoms with Crippen LogP contribution in [-0.4, -0.2) is 33.7 Å². The zero-order valence-electron chi connectivity index (χ0n) is 15.9. The van der Waals surface area contributed by atoms with E-state index in [1.807, 2.05) is 11.8 Å². The third-order valence-electron chi connectivity index (χ3n) is 4.52.